The lowest BCUT2D eigenvalue weighted by Gasteiger charge is -2.18. The van der Waals surface area contributed by atoms with Crippen molar-refractivity contribution in [2.45, 2.75) is 37.5 Å². The molecule has 0 bridgehead atoms. The first-order chi connectivity index (χ1) is 7.79. The van der Waals surface area contributed by atoms with Crippen molar-refractivity contribution in [3.05, 3.63) is 0 Å². The van der Waals surface area contributed by atoms with Crippen LogP contribution in [0.3, 0.4) is 0 Å². The molecule has 16 heavy (non-hydrogen) atoms. The van der Waals surface area contributed by atoms with Crippen molar-refractivity contribution in [2.75, 3.05) is 26.9 Å². The fraction of sp³-hybridized carbons (Fsp3) is 0.909. The molecule has 2 rings (SSSR count). The van der Waals surface area contributed by atoms with Gasteiger partial charge in [0, 0.05) is 12.6 Å². The molecule has 1 N–H and O–H groups in total. The summed E-state index contributed by atoms with van der Waals surface area (Å²) in [5.41, 5.74) is 0. The molecule has 1 saturated carbocycles. The maximum Gasteiger partial charge on any atom is 0.325 e. The number of hydrogen-bond donors (Lipinski definition) is 1. The SMILES string of the molecule is COC(=O)C(COC1CCOC1)NC1CC1. The second-order valence-corrected chi connectivity index (χ2v) is 4.34. The van der Waals surface area contributed by atoms with Gasteiger partial charge >= 0.3 is 5.97 Å². The summed E-state index contributed by atoms with van der Waals surface area (Å²) in [6.07, 6.45) is 3.32. The molecule has 5 nitrogen and oxygen atoms in total. The molecule has 0 aromatic rings. The zero-order valence-electron chi connectivity index (χ0n) is 9.61. The highest BCUT2D eigenvalue weighted by Gasteiger charge is 2.30. The molecule has 0 radical (unpaired) electrons. The summed E-state index contributed by atoms with van der Waals surface area (Å²) in [7, 11) is 1.41. The number of nitrogens with one attached hydrogen (secondary N) is 1. The van der Waals surface area contributed by atoms with Crippen LogP contribution in [0.2, 0.25) is 0 Å². The minimum Gasteiger partial charge on any atom is -0.468 e. The fourth-order valence-corrected chi connectivity index (χ4v) is 1.74. The maximum atomic E-state index is 11.5. The van der Waals surface area contributed by atoms with E-state index in [1.807, 2.05) is 0 Å². The fourth-order valence-electron chi connectivity index (χ4n) is 1.74. The molecule has 1 heterocycles. The van der Waals surface area contributed by atoms with E-state index in [0.717, 1.165) is 25.9 Å². The first kappa shape index (κ1) is 11.8. The molecule has 92 valence electrons. The largest absolute Gasteiger partial charge is 0.468 e. The van der Waals surface area contributed by atoms with E-state index in [1.165, 1.54) is 7.11 Å². The lowest BCUT2D eigenvalue weighted by atomic mass is 10.3. The summed E-state index contributed by atoms with van der Waals surface area (Å²) >= 11 is 0. The van der Waals surface area contributed by atoms with Gasteiger partial charge in [-0.2, -0.15) is 0 Å². The highest BCUT2D eigenvalue weighted by Crippen LogP contribution is 2.20. The van der Waals surface area contributed by atoms with Gasteiger partial charge in [0.1, 0.15) is 6.04 Å². The van der Waals surface area contributed by atoms with Gasteiger partial charge in [-0.15, -0.1) is 0 Å². The van der Waals surface area contributed by atoms with Gasteiger partial charge in [0.25, 0.3) is 0 Å². The summed E-state index contributed by atoms with van der Waals surface area (Å²) in [5, 5.41) is 3.23. The third-order valence-electron chi connectivity index (χ3n) is 2.89. The van der Waals surface area contributed by atoms with E-state index < -0.39 is 0 Å². The average molecular weight is 229 g/mol. The van der Waals surface area contributed by atoms with Crippen molar-refractivity contribution in [1.82, 2.24) is 5.32 Å². The van der Waals surface area contributed by atoms with Gasteiger partial charge in [0.2, 0.25) is 0 Å². The molecule has 1 aliphatic heterocycles. The van der Waals surface area contributed by atoms with Crippen molar-refractivity contribution >= 4 is 5.97 Å². The summed E-state index contributed by atoms with van der Waals surface area (Å²) in [6, 6.07) is 0.130. The van der Waals surface area contributed by atoms with Gasteiger partial charge in [-0.05, 0) is 19.3 Å². The van der Waals surface area contributed by atoms with E-state index in [2.05, 4.69) is 5.32 Å². The molecule has 0 aromatic carbocycles. The topological polar surface area (TPSA) is 56.8 Å². The van der Waals surface area contributed by atoms with E-state index in [9.17, 15) is 4.79 Å². The average Bonchev–Trinajstić information content (AvgIpc) is 2.97. The number of carbonyl (C=O) groups excluding carboxylic acids is 1. The monoisotopic (exact) mass is 229 g/mol. The van der Waals surface area contributed by atoms with E-state index >= 15 is 0 Å². The standard InChI is InChI=1S/C11H19NO4/c1-14-11(13)10(12-8-2-3-8)7-16-9-4-5-15-6-9/h8-10,12H,2-7H2,1H3. The molecule has 2 aliphatic rings. The molecule has 5 heteroatoms. The van der Waals surface area contributed by atoms with Crippen LogP contribution in [0.5, 0.6) is 0 Å². The predicted molar refractivity (Wildman–Crippen MR) is 57.1 cm³/mol. The second-order valence-electron chi connectivity index (χ2n) is 4.34. The van der Waals surface area contributed by atoms with Gasteiger partial charge in [-0.3, -0.25) is 10.1 Å². The Morgan fingerprint density at radius 3 is 2.88 bits per heavy atom. The molecule has 2 atom stereocenters. The van der Waals surface area contributed by atoms with Crippen LogP contribution in [-0.4, -0.2) is 51.1 Å². The Labute approximate surface area is 95.4 Å². The van der Waals surface area contributed by atoms with Gasteiger partial charge in [-0.1, -0.05) is 0 Å². The molecule has 0 spiro atoms. The molecule has 0 amide bonds. The summed E-state index contributed by atoms with van der Waals surface area (Å²) in [6.45, 7) is 1.76. The lowest BCUT2D eigenvalue weighted by molar-refractivity contribution is -0.145. The van der Waals surface area contributed by atoms with Crippen LogP contribution in [0.25, 0.3) is 0 Å². The van der Waals surface area contributed by atoms with Crippen LogP contribution in [0.4, 0.5) is 0 Å². The van der Waals surface area contributed by atoms with Crippen LogP contribution in [0.1, 0.15) is 19.3 Å². The van der Waals surface area contributed by atoms with Crippen LogP contribution in [0, 0.1) is 0 Å². The molecule has 2 fully saturated rings. The van der Waals surface area contributed by atoms with Gasteiger partial charge in [0.05, 0.1) is 26.4 Å². The predicted octanol–water partition coefficient (Wildman–Crippen LogP) is 0.0855. The van der Waals surface area contributed by atoms with Crippen molar-refractivity contribution in [3.63, 3.8) is 0 Å². The van der Waals surface area contributed by atoms with Crippen molar-refractivity contribution in [2.24, 2.45) is 0 Å². The third kappa shape index (κ3) is 3.43. The van der Waals surface area contributed by atoms with Gasteiger partial charge < -0.3 is 14.2 Å². The first-order valence-corrected chi connectivity index (χ1v) is 5.83. The normalized spacial score (nSPS) is 26.7. The number of ether oxygens (including phenoxy) is 3. The lowest BCUT2D eigenvalue weighted by Crippen LogP contribution is -2.43. The van der Waals surface area contributed by atoms with Crippen LogP contribution in [0.15, 0.2) is 0 Å². The number of carbonyl (C=O) groups is 1. The summed E-state index contributed by atoms with van der Waals surface area (Å²) < 4.78 is 15.6. The van der Waals surface area contributed by atoms with Gasteiger partial charge in [-0.25, -0.2) is 0 Å². The minimum absolute atomic E-state index is 0.133. The van der Waals surface area contributed by atoms with E-state index in [0.29, 0.717) is 19.3 Å². The Kier molecular flexibility index (Phi) is 4.15. The molecule has 1 saturated heterocycles. The quantitative estimate of drug-likeness (QED) is 0.654. The number of rotatable bonds is 6. The van der Waals surface area contributed by atoms with E-state index in [4.69, 9.17) is 14.2 Å². The molecule has 2 unspecified atom stereocenters. The number of hydrogen-bond acceptors (Lipinski definition) is 5. The Bertz CT molecular complexity index is 236. The molecular formula is C11H19NO4. The molecular weight excluding hydrogens is 210 g/mol. The van der Waals surface area contributed by atoms with E-state index in [1.54, 1.807) is 0 Å². The summed E-state index contributed by atoms with van der Waals surface area (Å²) in [5.74, 6) is -0.245. The smallest absolute Gasteiger partial charge is 0.325 e. The Balaban J connectivity index is 1.73. The van der Waals surface area contributed by atoms with E-state index in [-0.39, 0.29) is 18.1 Å². The summed E-state index contributed by atoms with van der Waals surface area (Å²) in [4.78, 5) is 11.5. The Hall–Kier alpha value is -0.650. The highest BCUT2D eigenvalue weighted by atomic mass is 16.6. The second kappa shape index (κ2) is 5.61. The van der Waals surface area contributed by atoms with Crippen molar-refractivity contribution in [3.8, 4) is 0 Å². The maximum absolute atomic E-state index is 11.5. The minimum atomic E-state index is -0.335. The molecule has 0 aromatic heterocycles. The highest BCUT2D eigenvalue weighted by molar-refractivity contribution is 5.75. The van der Waals surface area contributed by atoms with Gasteiger partial charge in [0.15, 0.2) is 0 Å². The Morgan fingerprint density at radius 2 is 2.31 bits per heavy atom. The van der Waals surface area contributed by atoms with Crippen LogP contribution in [-0.2, 0) is 19.0 Å². The van der Waals surface area contributed by atoms with Crippen LogP contribution < -0.4 is 5.32 Å². The first-order valence-electron chi connectivity index (χ1n) is 5.83. The van der Waals surface area contributed by atoms with Crippen molar-refractivity contribution in [1.29, 1.82) is 0 Å². The zero-order valence-corrected chi connectivity index (χ0v) is 9.61. The number of esters is 1. The van der Waals surface area contributed by atoms with Crippen LogP contribution >= 0.6 is 0 Å². The van der Waals surface area contributed by atoms with Crippen molar-refractivity contribution < 1.29 is 19.0 Å². The zero-order chi connectivity index (χ0) is 11.4. The molecule has 1 aliphatic carbocycles. The third-order valence-corrected chi connectivity index (χ3v) is 2.89. The number of methoxy groups -OCH3 is 1. The Morgan fingerprint density at radius 1 is 1.50 bits per heavy atom.